The number of rotatable bonds is 5. The van der Waals surface area contributed by atoms with E-state index in [4.69, 9.17) is 0 Å². The third-order valence-electron chi connectivity index (χ3n) is 4.74. The van der Waals surface area contributed by atoms with Crippen LogP contribution in [0.2, 0.25) is 0 Å². The van der Waals surface area contributed by atoms with Crippen LogP contribution < -0.4 is 5.32 Å². The molecule has 3 nitrogen and oxygen atoms in total. The van der Waals surface area contributed by atoms with Crippen LogP contribution in [0.3, 0.4) is 0 Å². The van der Waals surface area contributed by atoms with Crippen molar-refractivity contribution in [3.63, 3.8) is 0 Å². The molecule has 0 spiro atoms. The Kier molecular flexibility index (Phi) is 4.39. The van der Waals surface area contributed by atoms with Gasteiger partial charge in [-0.05, 0) is 44.7 Å². The van der Waals surface area contributed by atoms with Crippen LogP contribution in [0.5, 0.6) is 0 Å². The molecule has 1 aliphatic rings. The molecule has 3 rings (SSSR count). The Morgan fingerprint density at radius 3 is 2.67 bits per heavy atom. The van der Waals surface area contributed by atoms with Gasteiger partial charge in [-0.1, -0.05) is 31.0 Å². The SMILES string of the molecule is Cc1ncc(CNC(C)C2CCCC2)n1-c1ccccc1. The zero-order valence-electron chi connectivity index (χ0n) is 13.0. The van der Waals surface area contributed by atoms with Crippen LogP contribution in [0.1, 0.15) is 44.1 Å². The topological polar surface area (TPSA) is 29.9 Å². The molecule has 1 atom stereocenters. The monoisotopic (exact) mass is 283 g/mol. The quantitative estimate of drug-likeness (QED) is 0.903. The van der Waals surface area contributed by atoms with Crippen LogP contribution in [0.4, 0.5) is 0 Å². The molecule has 112 valence electrons. The highest BCUT2D eigenvalue weighted by Crippen LogP contribution is 2.27. The fourth-order valence-electron chi connectivity index (χ4n) is 3.44. The summed E-state index contributed by atoms with van der Waals surface area (Å²) in [6, 6.07) is 11.1. The summed E-state index contributed by atoms with van der Waals surface area (Å²) in [7, 11) is 0. The lowest BCUT2D eigenvalue weighted by molar-refractivity contribution is 0.378. The normalized spacial score (nSPS) is 17.2. The van der Waals surface area contributed by atoms with Crippen molar-refractivity contribution in [1.82, 2.24) is 14.9 Å². The molecular formula is C18H25N3. The van der Waals surface area contributed by atoms with Crippen LogP contribution >= 0.6 is 0 Å². The average Bonchev–Trinajstić information content (AvgIpc) is 3.15. The van der Waals surface area contributed by atoms with E-state index in [2.05, 4.69) is 59.0 Å². The minimum absolute atomic E-state index is 0.590. The van der Waals surface area contributed by atoms with E-state index in [-0.39, 0.29) is 0 Å². The molecule has 0 amide bonds. The molecule has 0 bridgehead atoms. The summed E-state index contributed by atoms with van der Waals surface area (Å²) in [5.74, 6) is 1.89. The first-order valence-corrected chi connectivity index (χ1v) is 8.07. The highest BCUT2D eigenvalue weighted by Gasteiger charge is 2.21. The van der Waals surface area contributed by atoms with Gasteiger partial charge in [0.1, 0.15) is 5.82 Å². The number of hydrogen-bond acceptors (Lipinski definition) is 2. The molecule has 1 aromatic heterocycles. The second-order valence-corrected chi connectivity index (χ2v) is 6.18. The van der Waals surface area contributed by atoms with E-state index < -0.39 is 0 Å². The molecule has 1 unspecified atom stereocenters. The van der Waals surface area contributed by atoms with E-state index >= 15 is 0 Å². The Morgan fingerprint density at radius 2 is 1.95 bits per heavy atom. The van der Waals surface area contributed by atoms with Gasteiger partial charge in [0.15, 0.2) is 0 Å². The number of aromatic nitrogens is 2. The van der Waals surface area contributed by atoms with Gasteiger partial charge in [0.2, 0.25) is 0 Å². The second-order valence-electron chi connectivity index (χ2n) is 6.18. The van der Waals surface area contributed by atoms with Crippen LogP contribution in [0.15, 0.2) is 36.5 Å². The molecule has 0 radical (unpaired) electrons. The molecule has 1 aliphatic carbocycles. The summed E-state index contributed by atoms with van der Waals surface area (Å²) in [4.78, 5) is 4.49. The molecule has 21 heavy (non-hydrogen) atoms. The first-order chi connectivity index (χ1) is 10.3. The summed E-state index contributed by atoms with van der Waals surface area (Å²) >= 11 is 0. The smallest absolute Gasteiger partial charge is 0.110 e. The molecular weight excluding hydrogens is 258 g/mol. The van der Waals surface area contributed by atoms with Crippen LogP contribution in [0, 0.1) is 12.8 Å². The maximum Gasteiger partial charge on any atom is 0.110 e. The third-order valence-corrected chi connectivity index (χ3v) is 4.74. The molecule has 0 aliphatic heterocycles. The summed E-state index contributed by atoms with van der Waals surface area (Å²) in [6.45, 7) is 5.27. The van der Waals surface area contributed by atoms with Gasteiger partial charge in [0.05, 0.1) is 11.9 Å². The van der Waals surface area contributed by atoms with Crippen molar-refractivity contribution in [2.45, 2.75) is 52.1 Å². The zero-order valence-corrected chi connectivity index (χ0v) is 13.0. The fourth-order valence-corrected chi connectivity index (χ4v) is 3.44. The average molecular weight is 283 g/mol. The fraction of sp³-hybridized carbons (Fsp3) is 0.500. The van der Waals surface area contributed by atoms with E-state index in [0.29, 0.717) is 6.04 Å². The molecule has 1 saturated carbocycles. The maximum atomic E-state index is 4.49. The molecule has 2 aromatic rings. The van der Waals surface area contributed by atoms with E-state index in [1.807, 2.05) is 6.20 Å². The minimum Gasteiger partial charge on any atom is -0.308 e. The number of imidazole rings is 1. The number of hydrogen-bond donors (Lipinski definition) is 1. The maximum absolute atomic E-state index is 4.49. The van der Waals surface area contributed by atoms with E-state index in [1.165, 1.54) is 37.1 Å². The van der Waals surface area contributed by atoms with E-state index in [9.17, 15) is 0 Å². The number of benzene rings is 1. The van der Waals surface area contributed by atoms with Crippen molar-refractivity contribution in [3.05, 3.63) is 48.0 Å². The summed E-state index contributed by atoms with van der Waals surface area (Å²) in [5, 5.41) is 3.70. The lowest BCUT2D eigenvalue weighted by Crippen LogP contribution is -2.32. The third kappa shape index (κ3) is 3.18. The lowest BCUT2D eigenvalue weighted by Gasteiger charge is -2.21. The van der Waals surface area contributed by atoms with Gasteiger partial charge in [0.25, 0.3) is 0 Å². The van der Waals surface area contributed by atoms with Crippen molar-refractivity contribution in [1.29, 1.82) is 0 Å². The molecule has 1 fully saturated rings. The van der Waals surface area contributed by atoms with Gasteiger partial charge in [-0.25, -0.2) is 4.98 Å². The van der Waals surface area contributed by atoms with Crippen LogP contribution in [-0.2, 0) is 6.54 Å². The number of para-hydroxylation sites is 1. The predicted octanol–water partition coefficient (Wildman–Crippen LogP) is 3.85. The lowest BCUT2D eigenvalue weighted by atomic mass is 10.00. The Labute approximate surface area is 127 Å². The number of nitrogens with zero attached hydrogens (tertiary/aromatic N) is 2. The van der Waals surface area contributed by atoms with Crippen molar-refractivity contribution >= 4 is 0 Å². The van der Waals surface area contributed by atoms with Crippen molar-refractivity contribution in [2.24, 2.45) is 5.92 Å². The molecule has 0 saturated heterocycles. The predicted molar refractivity (Wildman–Crippen MR) is 86.6 cm³/mol. The van der Waals surface area contributed by atoms with Gasteiger partial charge in [0, 0.05) is 18.3 Å². The summed E-state index contributed by atoms with van der Waals surface area (Å²) in [6.07, 6.45) is 7.56. The number of aryl methyl sites for hydroxylation is 1. The van der Waals surface area contributed by atoms with Gasteiger partial charge >= 0.3 is 0 Å². The standard InChI is InChI=1S/C18H25N3/c1-14(16-8-6-7-9-16)19-12-18-13-20-15(2)21(18)17-10-4-3-5-11-17/h3-5,10-11,13-14,16,19H,6-9,12H2,1-2H3. The second kappa shape index (κ2) is 6.44. The largest absolute Gasteiger partial charge is 0.308 e. The van der Waals surface area contributed by atoms with Gasteiger partial charge in [-0.2, -0.15) is 0 Å². The minimum atomic E-state index is 0.590. The Morgan fingerprint density at radius 1 is 1.24 bits per heavy atom. The van der Waals surface area contributed by atoms with Crippen molar-refractivity contribution in [2.75, 3.05) is 0 Å². The van der Waals surface area contributed by atoms with Crippen LogP contribution in [0.25, 0.3) is 5.69 Å². The van der Waals surface area contributed by atoms with Gasteiger partial charge in [-0.3, -0.25) is 4.57 Å². The van der Waals surface area contributed by atoms with Gasteiger partial charge < -0.3 is 5.32 Å². The number of nitrogens with one attached hydrogen (secondary N) is 1. The molecule has 1 N–H and O–H groups in total. The first-order valence-electron chi connectivity index (χ1n) is 8.07. The van der Waals surface area contributed by atoms with E-state index in [0.717, 1.165) is 18.3 Å². The summed E-state index contributed by atoms with van der Waals surface area (Å²) < 4.78 is 2.24. The Bertz CT molecular complexity index is 567. The van der Waals surface area contributed by atoms with E-state index in [1.54, 1.807) is 0 Å². The first kappa shape index (κ1) is 14.3. The summed E-state index contributed by atoms with van der Waals surface area (Å²) in [5.41, 5.74) is 2.43. The van der Waals surface area contributed by atoms with Gasteiger partial charge in [-0.15, -0.1) is 0 Å². The highest BCUT2D eigenvalue weighted by molar-refractivity contribution is 5.35. The van der Waals surface area contributed by atoms with Crippen LogP contribution in [-0.4, -0.2) is 15.6 Å². The molecule has 1 heterocycles. The zero-order chi connectivity index (χ0) is 14.7. The highest BCUT2D eigenvalue weighted by atomic mass is 15.1. The Balaban J connectivity index is 1.71. The molecule has 3 heteroatoms. The van der Waals surface area contributed by atoms with Crippen molar-refractivity contribution < 1.29 is 0 Å². The Hall–Kier alpha value is -1.61. The van der Waals surface area contributed by atoms with Crippen molar-refractivity contribution in [3.8, 4) is 5.69 Å². The molecule has 1 aromatic carbocycles.